The van der Waals surface area contributed by atoms with E-state index in [1.54, 1.807) is 12.1 Å². The van der Waals surface area contributed by atoms with Crippen LogP contribution in [-0.2, 0) is 14.8 Å². The molecule has 0 aliphatic rings. The molecule has 8 heteroatoms. The zero-order valence-electron chi connectivity index (χ0n) is 10.6. The van der Waals surface area contributed by atoms with Crippen molar-refractivity contribution in [2.24, 2.45) is 0 Å². The van der Waals surface area contributed by atoms with Gasteiger partial charge in [0.2, 0.25) is 10.0 Å². The van der Waals surface area contributed by atoms with Crippen molar-refractivity contribution in [3.05, 3.63) is 22.7 Å². The lowest BCUT2D eigenvalue weighted by molar-refractivity contribution is 0.139. The minimum atomic E-state index is -3.80. The molecule has 0 aliphatic carbocycles. The van der Waals surface area contributed by atoms with Crippen molar-refractivity contribution < 1.29 is 23.0 Å². The smallest absolute Gasteiger partial charge is 0.244 e. The van der Waals surface area contributed by atoms with Crippen LogP contribution in [0.15, 0.2) is 27.6 Å². The third-order valence-corrected chi connectivity index (χ3v) is 4.36. The molecule has 0 radical (unpaired) electrons. The molecular formula is C11H16BrNO5S. The number of nitrogens with one attached hydrogen (secondary N) is 1. The lowest BCUT2D eigenvalue weighted by Gasteiger charge is -2.17. The Bertz CT molecular complexity index is 520. The van der Waals surface area contributed by atoms with Gasteiger partial charge in [0.15, 0.2) is 0 Å². The highest BCUT2D eigenvalue weighted by molar-refractivity contribution is 9.10. The topological polar surface area (TPSA) is 84.9 Å². The summed E-state index contributed by atoms with van der Waals surface area (Å²) < 4.78 is 37.3. The first-order chi connectivity index (χ1) is 8.94. The molecule has 0 saturated carbocycles. The van der Waals surface area contributed by atoms with Gasteiger partial charge in [-0.2, -0.15) is 0 Å². The molecule has 108 valence electrons. The van der Waals surface area contributed by atoms with Crippen LogP contribution in [0.25, 0.3) is 0 Å². The number of methoxy groups -OCH3 is 2. The van der Waals surface area contributed by atoms with Crippen molar-refractivity contribution in [2.45, 2.75) is 10.9 Å². The average molecular weight is 354 g/mol. The summed E-state index contributed by atoms with van der Waals surface area (Å²) in [5.41, 5.74) is 0. The Balaban J connectivity index is 3.09. The molecule has 0 aromatic heterocycles. The number of hydrogen-bond acceptors (Lipinski definition) is 5. The second-order valence-corrected chi connectivity index (χ2v) is 6.35. The van der Waals surface area contributed by atoms with Crippen molar-refractivity contribution in [1.82, 2.24) is 4.72 Å². The largest absolute Gasteiger partial charge is 0.495 e. The molecule has 6 nitrogen and oxygen atoms in total. The normalized spacial score (nSPS) is 13.3. The maximum Gasteiger partial charge on any atom is 0.244 e. The van der Waals surface area contributed by atoms with E-state index in [9.17, 15) is 8.42 Å². The number of sulfonamides is 1. The molecule has 0 aliphatic heterocycles. The molecule has 0 spiro atoms. The molecule has 1 aromatic carbocycles. The van der Waals surface area contributed by atoms with Gasteiger partial charge in [0, 0.05) is 11.6 Å². The number of halogens is 1. The van der Waals surface area contributed by atoms with E-state index in [4.69, 9.17) is 14.6 Å². The van der Waals surface area contributed by atoms with Gasteiger partial charge >= 0.3 is 0 Å². The van der Waals surface area contributed by atoms with Gasteiger partial charge in [-0.15, -0.1) is 0 Å². The molecule has 1 atom stereocenters. The molecule has 2 N–H and O–H groups in total. The molecular weight excluding hydrogens is 338 g/mol. The minimum absolute atomic E-state index is 0.000993. The highest BCUT2D eigenvalue weighted by atomic mass is 79.9. The molecule has 0 saturated heterocycles. The molecule has 1 aromatic rings. The summed E-state index contributed by atoms with van der Waals surface area (Å²) in [7, 11) is -0.987. The molecule has 0 bridgehead atoms. The first-order valence-electron chi connectivity index (χ1n) is 5.40. The summed E-state index contributed by atoms with van der Waals surface area (Å²) in [5, 5.41) is 9.10. The zero-order chi connectivity index (χ0) is 14.5. The lowest BCUT2D eigenvalue weighted by Crippen LogP contribution is -2.40. The third kappa shape index (κ3) is 4.43. The van der Waals surface area contributed by atoms with Crippen LogP contribution in [0.2, 0.25) is 0 Å². The Morgan fingerprint density at radius 3 is 2.63 bits per heavy atom. The van der Waals surface area contributed by atoms with Gasteiger partial charge < -0.3 is 14.6 Å². The van der Waals surface area contributed by atoms with Crippen LogP contribution in [-0.4, -0.2) is 47.0 Å². The summed E-state index contributed by atoms with van der Waals surface area (Å²) in [6, 6.07) is 3.95. The number of benzene rings is 1. The number of aliphatic hydroxyl groups is 1. The van der Waals surface area contributed by atoms with Gasteiger partial charge in [-0.25, -0.2) is 13.1 Å². The van der Waals surface area contributed by atoms with Gasteiger partial charge in [0.25, 0.3) is 0 Å². The van der Waals surface area contributed by atoms with Crippen molar-refractivity contribution in [2.75, 3.05) is 27.4 Å². The second kappa shape index (κ2) is 7.20. The van der Waals surface area contributed by atoms with Crippen LogP contribution < -0.4 is 9.46 Å². The van der Waals surface area contributed by atoms with Crippen molar-refractivity contribution in [3.63, 3.8) is 0 Å². The Kier molecular flexibility index (Phi) is 6.21. The van der Waals surface area contributed by atoms with Crippen LogP contribution >= 0.6 is 15.9 Å². The molecule has 0 amide bonds. The first-order valence-corrected chi connectivity index (χ1v) is 7.68. The third-order valence-electron chi connectivity index (χ3n) is 2.33. The van der Waals surface area contributed by atoms with Crippen molar-refractivity contribution in [1.29, 1.82) is 0 Å². The summed E-state index contributed by atoms with van der Waals surface area (Å²) in [6.45, 7) is -0.282. The van der Waals surface area contributed by atoms with Crippen LogP contribution in [0, 0.1) is 0 Å². The SMILES string of the molecule is COCC(CO)NS(=O)(=O)c1cc(Br)ccc1OC. The van der Waals surface area contributed by atoms with Gasteiger partial charge in [0.05, 0.1) is 26.4 Å². The monoisotopic (exact) mass is 353 g/mol. The van der Waals surface area contributed by atoms with Crippen LogP contribution in [0.1, 0.15) is 0 Å². The van der Waals surface area contributed by atoms with Gasteiger partial charge in [-0.05, 0) is 18.2 Å². The first kappa shape index (κ1) is 16.4. The fourth-order valence-corrected chi connectivity index (χ4v) is 3.39. The quantitative estimate of drug-likeness (QED) is 0.755. The van der Waals surface area contributed by atoms with Gasteiger partial charge in [0.1, 0.15) is 10.6 Å². The second-order valence-electron chi connectivity index (χ2n) is 3.75. The highest BCUT2D eigenvalue weighted by Crippen LogP contribution is 2.27. The van der Waals surface area contributed by atoms with Crippen LogP contribution in [0.5, 0.6) is 5.75 Å². The predicted molar refractivity (Wildman–Crippen MR) is 73.8 cm³/mol. The fourth-order valence-electron chi connectivity index (χ4n) is 1.47. The molecule has 0 heterocycles. The minimum Gasteiger partial charge on any atom is -0.495 e. The standard InChI is InChI=1S/C11H16BrNO5S/c1-17-7-9(6-14)13-19(15,16)11-5-8(12)3-4-10(11)18-2/h3-5,9,13-14H,6-7H2,1-2H3. The van der Waals surface area contributed by atoms with E-state index in [0.717, 1.165) is 0 Å². The van der Waals surface area contributed by atoms with E-state index in [-0.39, 0.29) is 23.9 Å². The van der Waals surface area contributed by atoms with Crippen LogP contribution in [0.3, 0.4) is 0 Å². The van der Waals surface area contributed by atoms with E-state index in [2.05, 4.69) is 20.7 Å². The Hall–Kier alpha value is -0.670. The van der Waals surface area contributed by atoms with E-state index < -0.39 is 16.1 Å². The van der Waals surface area contributed by atoms with Crippen molar-refractivity contribution >= 4 is 26.0 Å². The van der Waals surface area contributed by atoms with Crippen molar-refractivity contribution in [3.8, 4) is 5.75 Å². The molecule has 19 heavy (non-hydrogen) atoms. The Labute approximate surface area is 120 Å². The van der Waals surface area contributed by atoms with Gasteiger partial charge in [-0.1, -0.05) is 15.9 Å². The summed E-state index contributed by atoms with van der Waals surface area (Å²) in [6.07, 6.45) is 0. The Morgan fingerprint density at radius 1 is 1.42 bits per heavy atom. The van der Waals surface area contributed by atoms with E-state index >= 15 is 0 Å². The Morgan fingerprint density at radius 2 is 2.11 bits per heavy atom. The van der Waals surface area contributed by atoms with E-state index in [0.29, 0.717) is 4.47 Å². The zero-order valence-corrected chi connectivity index (χ0v) is 13.0. The van der Waals surface area contributed by atoms with Crippen LogP contribution in [0.4, 0.5) is 0 Å². The van der Waals surface area contributed by atoms with E-state index in [1.807, 2.05) is 0 Å². The average Bonchev–Trinajstić information content (AvgIpc) is 2.38. The number of hydrogen-bond donors (Lipinski definition) is 2. The van der Waals surface area contributed by atoms with E-state index in [1.165, 1.54) is 20.3 Å². The number of ether oxygens (including phenoxy) is 2. The molecule has 1 unspecified atom stereocenters. The summed E-state index contributed by atoms with van der Waals surface area (Å²) >= 11 is 3.21. The fraction of sp³-hybridized carbons (Fsp3) is 0.455. The summed E-state index contributed by atoms with van der Waals surface area (Å²) in [4.78, 5) is -0.000993. The predicted octanol–water partition coefficient (Wildman–Crippen LogP) is 0.743. The summed E-state index contributed by atoms with van der Waals surface area (Å²) in [5.74, 6) is 0.227. The molecule has 0 fully saturated rings. The highest BCUT2D eigenvalue weighted by Gasteiger charge is 2.23. The maximum atomic E-state index is 12.2. The number of aliphatic hydroxyl groups excluding tert-OH is 1. The lowest BCUT2D eigenvalue weighted by atomic mass is 10.3. The van der Waals surface area contributed by atoms with Gasteiger partial charge in [-0.3, -0.25) is 0 Å². The molecule has 1 rings (SSSR count). The number of rotatable bonds is 7. The maximum absolute atomic E-state index is 12.2.